The molecule has 0 unspecified atom stereocenters. The van der Waals surface area contributed by atoms with Crippen molar-refractivity contribution < 1.29 is 34.3 Å². The number of non-ortho nitro benzene ring substituents is 1. The Labute approximate surface area is 172 Å². The van der Waals surface area contributed by atoms with Crippen LogP contribution in [0.5, 0.6) is 0 Å². The Bertz CT molecular complexity index is 1240. The van der Waals surface area contributed by atoms with Gasteiger partial charge in [-0.15, -0.1) is 0 Å². The summed E-state index contributed by atoms with van der Waals surface area (Å²) in [6.07, 6.45) is 0. The first-order valence-electron chi connectivity index (χ1n) is 8.31. The van der Waals surface area contributed by atoms with Gasteiger partial charge in [-0.2, -0.15) is 10.3 Å². The first-order valence-corrected chi connectivity index (χ1v) is 8.31. The van der Waals surface area contributed by atoms with E-state index in [1.54, 1.807) is 0 Å². The van der Waals surface area contributed by atoms with Crippen LogP contribution in [0.25, 0.3) is 5.76 Å². The van der Waals surface area contributed by atoms with Crippen LogP contribution < -0.4 is 5.43 Å². The highest BCUT2D eigenvalue weighted by molar-refractivity contribution is 6.23. The van der Waals surface area contributed by atoms with E-state index in [-0.39, 0.29) is 27.9 Å². The molecule has 2 aromatic carbocycles. The molecule has 0 aliphatic carbocycles. The van der Waals surface area contributed by atoms with Gasteiger partial charge in [0.2, 0.25) is 0 Å². The summed E-state index contributed by atoms with van der Waals surface area (Å²) >= 11 is 0. The molecule has 154 valence electrons. The highest BCUT2D eigenvalue weighted by Crippen LogP contribution is 2.24. The second-order valence-electron chi connectivity index (χ2n) is 6.09. The average Bonchev–Trinajstić information content (AvgIpc) is 2.98. The van der Waals surface area contributed by atoms with E-state index >= 15 is 0 Å². The van der Waals surface area contributed by atoms with Gasteiger partial charge in [-0.25, -0.2) is 4.79 Å². The number of carboxylic acids is 1. The molecule has 2 aromatic rings. The van der Waals surface area contributed by atoms with E-state index in [1.165, 1.54) is 6.07 Å². The van der Waals surface area contributed by atoms with Crippen LogP contribution in [0.4, 0.5) is 5.69 Å². The molecule has 3 N–H and O–H groups in total. The van der Waals surface area contributed by atoms with Crippen LogP contribution in [0.15, 0.2) is 48.0 Å². The van der Waals surface area contributed by atoms with Crippen LogP contribution in [0.2, 0.25) is 0 Å². The predicted molar refractivity (Wildman–Crippen MR) is 100 cm³/mol. The number of nitro groups is 1. The van der Waals surface area contributed by atoms with Crippen molar-refractivity contribution >= 4 is 35.1 Å². The molecule has 1 aliphatic rings. The molecule has 1 aliphatic heterocycles. The zero-order valence-electron chi connectivity index (χ0n) is 15.2. The topological polar surface area (TPSA) is 191 Å². The normalized spacial score (nSPS) is 13.2. The van der Waals surface area contributed by atoms with Crippen molar-refractivity contribution in [2.24, 2.45) is 0 Å². The van der Waals surface area contributed by atoms with Gasteiger partial charge in [0.15, 0.2) is 5.57 Å². The average molecular weight is 422 g/mol. The number of hydrogen-bond donors (Lipinski definition) is 3. The predicted octanol–water partition coefficient (Wildman–Crippen LogP) is 1.41. The standard InChI is InChI=1S/C19H10N4O8/c20-8-14(15(24)9-1-4-11(5-2-9)23(30)31)16(25)21-22-17(26)12-6-3-10(19(28)29)7-13(12)18(22)27/h1-7,24H,(H,21,25)(H,28,29)/b15-14-. The van der Waals surface area contributed by atoms with Gasteiger partial charge < -0.3 is 10.2 Å². The number of rotatable bonds is 5. The summed E-state index contributed by atoms with van der Waals surface area (Å²) < 4.78 is 0. The van der Waals surface area contributed by atoms with Gasteiger partial charge in [-0.3, -0.25) is 29.9 Å². The van der Waals surface area contributed by atoms with Gasteiger partial charge in [0, 0.05) is 17.7 Å². The summed E-state index contributed by atoms with van der Waals surface area (Å²) in [5.74, 6) is -5.44. The van der Waals surface area contributed by atoms with Gasteiger partial charge in [-0.05, 0) is 30.3 Å². The third-order valence-electron chi connectivity index (χ3n) is 4.27. The molecule has 3 rings (SSSR count). The number of aliphatic hydroxyl groups is 1. The van der Waals surface area contributed by atoms with Crippen molar-refractivity contribution in [3.05, 3.63) is 80.4 Å². The van der Waals surface area contributed by atoms with E-state index in [9.17, 15) is 39.7 Å². The number of imide groups is 1. The first-order chi connectivity index (χ1) is 14.6. The fraction of sp³-hybridized carbons (Fsp3) is 0. The highest BCUT2D eigenvalue weighted by Gasteiger charge is 2.38. The minimum Gasteiger partial charge on any atom is -0.506 e. The molecular formula is C19H10N4O8. The number of aliphatic hydroxyl groups excluding tert-OH is 1. The number of aromatic carboxylic acids is 1. The molecule has 0 aromatic heterocycles. The fourth-order valence-electron chi connectivity index (χ4n) is 2.73. The number of benzene rings is 2. The third kappa shape index (κ3) is 3.66. The van der Waals surface area contributed by atoms with Crippen molar-refractivity contribution in [3.63, 3.8) is 0 Å². The number of amides is 3. The summed E-state index contributed by atoms with van der Waals surface area (Å²) in [5, 5.41) is 39.5. The lowest BCUT2D eigenvalue weighted by molar-refractivity contribution is -0.384. The van der Waals surface area contributed by atoms with E-state index in [0.717, 1.165) is 42.5 Å². The quantitative estimate of drug-likeness (QED) is 0.160. The van der Waals surface area contributed by atoms with E-state index < -0.39 is 39.9 Å². The molecule has 3 amide bonds. The van der Waals surface area contributed by atoms with Crippen molar-refractivity contribution in [3.8, 4) is 6.07 Å². The van der Waals surface area contributed by atoms with Gasteiger partial charge in [0.05, 0.1) is 21.6 Å². The summed E-state index contributed by atoms with van der Waals surface area (Å²) in [5.41, 5.74) is 0.00167. The van der Waals surface area contributed by atoms with E-state index in [1.807, 2.05) is 5.43 Å². The number of carbonyl (C=O) groups is 4. The zero-order valence-corrected chi connectivity index (χ0v) is 15.2. The molecule has 12 heteroatoms. The molecule has 0 spiro atoms. The maximum atomic E-state index is 12.4. The van der Waals surface area contributed by atoms with Crippen molar-refractivity contribution in [2.45, 2.75) is 0 Å². The second kappa shape index (κ2) is 7.76. The molecule has 0 saturated carbocycles. The minimum absolute atomic E-state index is 0.0919. The van der Waals surface area contributed by atoms with Crippen LogP contribution in [0, 0.1) is 21.4 Å². The molecular weight excluding hydrogens is 412 g/mol. The third-order valence-corrected chi connectivity index (χ3v) is 4.27. The van der Waals surface area contributed by atoms with Crippen LogP contribution in [0.1, 0.15) is 36.6 Å². The summed E-state index contributed by atoms with van der Waals surface area (Å²) in [7, 11) is 0. The van der Waals surface area contributed by atoms with Crippen molar-refractivity contribution in [2.75, 3.05) is 0 Å². The number of nitriles is 1. The number of hydrazine groups is 1. The lowest BCUT2D eigenvalue weighted by Crippen LogP contribution is -2.46. The molecule has 0 saturated heterocycles. The Balaban J connectivity index is 1.88. The Morgan fingerprint density at radius 1 is 1.00 bits per heavy atom. The lowest BCUT2D eigenvalue weighted by Gasteiger charge is -2.15. The highest BCUT2D eigenvalue weighted by atomic mass is 16.6. The van der Waals surface area contributed by atoms with Gasteiger partial charge in [-0.1, -0.05) is 0 Å². The van der Waals surface area contributed by atoms with Crippen LogP contribution in [-0.2, 0) is 4.79 Å². The van der Waals surface area contributed by atoms with E-state index in [4.69, 9.17) is 5.11 Å². The number of carboxylic acid groups (broad SMARTS) is 1. The van der Waals surface area contributed by atoms with Gasteiger partial charge in [0.25, 0.3) is 23.4 Å². The molecule has 12 nitrogen and oxygen atoms in total. The number of nitrogens with one attached hydrogen (secondary N) is 1. The molecule has 0 radical (unpaired) electrons. The summed E-state index contributed by atoms with van der Waals surface area (Å²) in [6.45, 7) is 0. The van der Waals surface area contributed by atoms with Crippen LogP contribution in [-0.4, -0.2) is 43.8 Å². The fourth-order valence-corrected chi connectivity index (χ4v) is 2.73. The number of nitrogens with zero attached hydrogens (tertiary/aromatic N) is 3. The lowest BCUT2D eigenvalue weighted by atomic mass is 10.1. The SMILES string of the molecule is N#C/C(C(=O)NN1C(=O)c2ccc(C(=O)O)cc2C1=O)=C(/O)c1ccc([N+](=O)[O-])cc1. The van der Waals surface area contributed by atoms with Gasteiger partial charge >= 0.3 is 5.97 Å². The maximum Gasteiger partial charge on any atom is 0.335 e. The number of nitro benzene ring substituents is 1. The zero-order chi connectivity index (χ0) is 22.9. The largest absolute Gasteiger partial charge is 0.506 e. The van der Waals surface area contributed by atoms with Crippen LogP contribution >= 0.6 is 0 Å². The monoisotopic (exact) mass is 422 g/mol. The number of hydrogen-bond acceptors (Lipinski definition) is 8. The Kier molecular flexibility index (Phi) is 5.17. The summed E-state index contributed by atoms with van der Waals surface area (Å²) in [4.78, 5) is 58.4. The van der Waals surface area contributed by atoms with Crippen molar-refractivity contribution in [1.29, 1.82) is 5.26 Å². The molecule has 0 bridgehead atoms. The smallest absolute Gasteiger partial charge is 0.335 e. The number of carbonyl (C=O) groups excluding carboxylic acids is 3. The maximum absolute atomic E-state index is 12.4. The Morgan fingerprint density at radius 2 is 1.58 bits per heavy atom. The van der Waals surface area contributed by atoms with Crippen LogP contribution in [0.3, 0.4) is 0 Å². The van der Waals surface area contributed by atoms with E-state index in [2.05, 4.69) is 0 Å². The number of fused-ring (bicyclic) bond motifs is 1. The minimum atomic E-state index is -1.33. The molecule has 0 atom stereocenters. The molecule has 0 fully saturated rings. The second-order valence-corrected chi connectivity index (χ2v) is 6.09. The van der Waals surface area contributed by atoms with Gasteiger partial charge in [0.1, 0.15) is 11.8 Å². The first kappa shape index (κ1) is 20.7. The Morgan fingerprint density at radius 3 is 2.13 bits per heavy atom. The molecule has 1 heterocycles. The summed E-state index contributed by atoms with van der Waals surface area (Å²) in [6, 6.07) is 8.93. The van der Waals surface area contributed by atoms with Crippen molar-refractivity contribution in [1.82, 2.24) is 10.4 Å². The Hall–Kier alpha value is -5.05. The molecule has 31 heavy (non-hydrogen) atoms. The van der Waals surface area contributed by atoms with E-state index in [0.29, 0.717) is 5.01 Å².